The third-order valence-electron chi connectivity index (χ3n) is 3.70. The molecule has 0 aromatic heterocycles. The number of hydrogen-bond donors (Lipinski definition) is 4. The highest BCUT2D eigenvalue weighted by Gasteiger charge is 2.27. The Bertz CT molecular complexity index is 958. The molecule has 0 radical (unpaired) electrons. The summed E-state index contributed by atoms with van der Waals surface area (Å²) in [5.41, 5.74) is 11.5. The third-order valence-corrected chi connectivity index (χ3v) is 5.79. The van der Waals surface area contributed by atoms with Gasteiger partial charge in [0.25, 0.3) is 20.2 Å². The van der Waals surface area contributed by atoms with E-state index in [4.69, 9.17) is 11.5 Å². The zero-order chi connectivity index (χ0) is 18.4. The standard InChI is InChI=1S/C14H16N2O6S2/c1-7-11(15)5-3-9(13(7)23(17,18)19)10-4-6-12(16)8(2)14(10)24(20,21)22/h3-6H,15-16H2,1-2H3,(H,17,18,19)(H,20,21,22). The number of anilines is 2. The van der Waals surface area contributed by atoms with Crippen LogP contribution in [0.5, 0.6) is 0 Å². The minimum absolute atomic E-state index is 0.0609. The van der Waals surface area contributed by atoms with Gasteiger partial charge in [0.2, 0.25) is 0 Å². The topological polar surface area (TPSA) is 161 Å². The highest BCUT2D eigenvalue weighted by molar-refractivity contribution is 7.86. The molecule has 8 nitrogen and oxygen atoms in total. The Kier molecular flexibility index (Phi) is 4.35. The predicted octanol–water partition coefficient (Wildman–Crippen LogP) is 1.63. The first-order chi connectivity index (χ1) is 10.9. The van der Waals surface area contributed by atoms with E-state index in [9.17, 15) is 25.9 Å². The van der Waals surface area contributed by atoms with Gasteiger partial charge in [-0.2, -0.15) is 16.8 Å². The van der Waals surface area contributed by atoms with E-state index < -0.39 is 30.0 Å². The van der Waals surface area contributed by atoms with E-state index in [1.54, 1.807) is 0 Å². The highest BCUT2D eigenvalue weighted by Crippen LogP contribution is 2.38. The summed E-state index contributed by atoms with van der Waals surface area (Å²) in [4.78, 5) is -1.06. The van der Waals surface area contributed by atoms with E-state index >= 15 is 0 Å². The molecule has 0 saturated carbocycles. The van der Waals surface area contributed by atoms with E-state index in [1.807, 2.05) is 0 Å². The molecule has 2 aromatic carbocycles. The second-order valence-corrected chi connectivity index (χ2v) is 7.98. The lowest BCUT2D eigenvalue weighted by Crippen LogP contribution is -2.10. The molecule has 2 rings (SSSR count). The van der Waals surface area contributed by atoms with Gasteiger partial charge in [0, 0.05) is 22.5 Å². The van der Waals surface area contributed by atoms with Crippen LogP contribution in [0.25, 0.3) is 11.1 Å². The van der Waals surface area contributed by atoms with E-state index in [0.717, 1.165) is 0 Å². The Labute approximate surface area is 139 Å². The smallest absolute Gasteiger partial charge is 0.295 e. The fourth-order valence-electron chi connectivity index (χ4n) is 2.50. The molecule has 24 heavy (non-hydrogen) atoms. The molecule has 0 atom stereocenters. The average molecular weight is 372 g/mol. The van der Waals surface area contributed by atoms with Crippen molar-refractivity contribution in [2.24, 2.45) is 0 Å². The summed E-state index contributed by atoms with van der Waals surface area (Å²) in [6.45, 7) is 2.75. The van der Waals surface area contributed by atoms with Gasteiger partial charge in [-0.1, -0.05) is 12.1 Å². The van der Waals surface area contributed by atoms with Crippen molar-refractivity contribution in [3.63, 3.8) is 0 Å². The van der Waals surface area contributed by atoms with Crippen molar-refractivity contribution in [1.82, 2.24) is 0 Å². The highest BCUT2D eigenvalue weighted by atomic mass is 32.2. The molecule has 0 aliphatic rings. The zero-order valence-corrected chi connectivity index (χ0v) is 14.4. The van der Waals surface area contributed by atoms with Crippen molar-refractivity contribution < 1.29 is 25.9 Å². The molecule has 0 bridgehead atoms. The molecular weight excluding hydrogens is 356 g/mol. The molecule has 2 aromatic rings. The maximum atomic E-state index is 11.8. The molecule has 0 spiro atoms. The molecule has 0 aliphatic heterocycles. The van der Waals surface area contributed by atoms with Gasteiger partial charge in [0.15, 0.2) is 0 Å². The van der Waals surface area contributed by atoms with Gasteiger partial charge in [-0.3, -0.25) is 9.11 Å². The number of nitrogens with two attached hydrogens (primary N) is 2. The Hall–Kier alpha value is -2.14. The predicted molar refractivity (Wildman–Crippen MR) is 89.8 cm³/mol. The lowest BCUT2D eigenvalue weighted by atomic mass is 9.99. The summed E-state index contributed by atoms with van der Waals surface area (Å²) < 4.78 is 66.2. The lowest BCUT2D eigenvalue weighted by molar-refractivity contribution is 0.479. The van der Waals surface area contributed by atoms with Crippen molar-refractivity contribution in [3.8, 4) is 11.1 Å². The first kappa shape index (κ1) is 18.2. The van der Waals surface area contributed by atoms with Gasteiger partial charge >= 0.3 is 0 Å². The first-order valence-electron chi connectivity index (χ1n) is 6.59. The van der Waals surface area contributed by atoms with Crippen LogP contribution in [0, 0.1) is 13.8 Å². The molecule has 0 fully saturated rings. The van der Waals surface area contributed by atoms with Crippen LogP contribution >= 0.6 is 0 Å². The number of hydrogen-bond acceptors (Lipinski definition) is 6. The molecule has 0 aliphatic carbocycles. The van der Waals surface area contributed by atoms with Crippen LogP contribution in [-0.4, -0.2) is 25.9 Å². The minimum atomic E-state index is -4.71. The molecule has 130 valence electrons. The Morgan fingerprint density at radius 2 is 1.00 bits per heavy atom. The maximum absolute atomic E-state index is 11.8. The monoisotopic (exact) mass is 372 g/mol. The van der Waals surface area contributed by atoms with Gasteiger partial charge in [-0.25, -0.2) is 0 Å². The van der Waals surface area contributed by atoms with Crippen LogP contribution in [0.15, 0.2) is 34.1 Å². The molecule has 10 heteroatoms. The Balaban J connectivity index is 3.06. The number of benzene rings is 2. The van der Waals surface area contributed by atoms with Crippen LogP contribution in [-0.2, 0) is 20.2 Å². The third kappa shape index (κ3) is 3.08. The molecule has 0 amide bonds. The largest absolute Gasteiger partial charge is 0.398 e. The quantitative estimate of drug-likeness (QED) is 0.467. The second kappa shape index (κ2) is 5.74. The van der Waals surface area contributed by atoms with Gasteiger partial charge < -0.3 is 11.5 Å². The van der Waals surface area contributed by atoms with E-state index in [-0.39, 0.29) is 33.6 Å². The van der Waals surface area contributed by atoms with Crippen LogP contribution in [0.3, 0.4) is 0 Å². The molecule has 0 heterocycles. The van der Waals surface area contributed by atoms with Crippen LogP contribution in [0.4, 0.5) is 11.4 Å². The van der Waals surface area contributed by atoms with Crippen molar-refractivity contribution in [2.45, 2.75) is 23.6 Å². The molecule has 6 N–H and O–H groups in total. The minimum Gasteiger partial charge on any atom is -0.398 e. The summed E-state index contributed by atoms with van der Waals surface area (Å²) in [6, 6.07) is 5.26. The summed E-state index contributed by atoms with van der Waals surface area (Å²) >= 11 is 0. The van der Waals surface area contributed by atoms with Crippen LogP contribution < -0.4 is 11.5 Å². The summed E-state index contributed by atoms with van der Waals surface area (Å²) in [5, 5.41) is 0. The second-order valence-electron chi connectivity index (χ2n) is 5.26. The van der Waals surface area contributed by atoms with E-state index in [1.165, 1.54) is 38.1 Å². The number of rotatable bonds is 3. The van der Waals surface area contributed by atoms with Gasteiger partial charge in [-0.15, -0.1) is 0 Å². The average Bonchev–Trinajstić information content (AvgIpc) is 2.41. The van der Waals surface area contributed by atoms with Crippen molar-refractivity contribution in [3.05, 3.63) is 35.4 Å². The molecular formula is C14H16N2O6S2. The SMILES string of the molecule is Cc1c(N)ccc(-c2ccc(N)c(C)c2S(=O)(=O)O)c1S(=O)(=O)O. The zero-order valence-electron chi connectivity index (χ0n) is 12.8. The van der Waals surface area contributed by atoms with Crippen molar-refractivity contribution in [1.29, 1.82) is 0 Å². The summed E-state index contributed by atoms with van der Waals surface area (Å²) in [6.07, 6.45) is 0. The molecule has 0 saturated heterocycles. The molecule has 0 unspecified atom stereocenters. The fraction of sp³-hybridized carbons (Fsp3) is 0.143. The van der Waals surface area contributed by atoms with Gasteiger partial charge in [-0.05, 0) is 37.1 Å². The summed E-state index contributed by atoms with van der Waals surface area (Å²) in [7, 11) is -9.42. The summed E-state index contributed by atoms with van der Waals surface area (Å²) in [5.74, 6) is 0. The van der Waals surface area contributed by atoms with Crippen LogP contribution in [0.2, 0.25) is 0 Å². The van der Waals surface area contributed by atoms with Gasteiger partial charge in [0.05, 0.1) is 0 Å². The normalized spacial score (nSPS) is 12.3. The first-order valence-corrected chi connectivity index (χ1v) is 9.47. The lowest BCUT2D eigenvalue weighted by Gasteiger charge is -2.16. The number of nitrogen functional groups attached to an aromatic ring is 2. The van der Waals surface area contributed by atoms with Crippen molar-refractivity contribution in [2.75, 3.05) is 11.5 Å². The maximum Gasteiger partial charge on any atom is 0.295 e. The van der Waals surface area contributed by atoms with Crippen LogP contribution in [0.1, 0.15) is 11.1 Å². The Morgan fingerprint density at radius 1 is 0.708 bits per heavy atom. The Morgan fingerprint density at radius 3 is 1.25 bits per heavy atom. The van der Waals surface area contributed by atoms with E-state index in [2.05, 4.69) is 0 Å². The van der Waals surface area contributed by atoms with Gasteiger partial charge in [0.1, 0.15) is 9.79 Å². The fourth-order valence-corrected chi connectivity index (χ4v) is 4.42. The van der Waals surface area contributed by atoms with Crippen molar-refractivity contribution >= 4 is 31.6 Å². The van der Waals surface area contributed by atoms with E-state index in [0.29, 0.717) is 0 Å².